The lowest BCUT2D eigenvalue weighted by molar-refractivity contribution is 0.199. The van der Waals surface area contributed by atoms with Crippen molar-refractivity contribution in [3.63, 3.8) is 0 Å². The van der Waals surface area contributed by atoms with Gasteiger partial charge in [0.2, 0.25) is 0 Å². The molecular formula is C15H24N2O. The fourth-order valence-electron chi connectivity index (χ4n) is 2.80. The van der Waals surface area contributed by atoms with Crippen LogP contribution in [-0.4, -0.2) is 48.1 Å². The first kappa shape index (κ1) is 13.4. The smallest absolute Gasteiger partial charge is 0.122 e. The van der Waals surface area contributed by atoms with Gasteiger partial charge in [-0.15, -0.1) is 0 Å². The summed E-state index contributed by atoms with van der Waals surface area (Å²) in [6.45, 7) is 5.07. The third-order valence-electron chi connectivity index (χ3n) is 3.77. The average Bonchev–Trinajstić information content (AvgIpc) is 2.72. The van der Waals surface area contributed by atoms with Crippen molar-refractivity contribution in [2.75, 3.05) is 27.2 Å². The zero-order chi connectivity index (χ0) is 13.1. The van der Waals surface area contributed by atoms with E-state index in [1.54, 1.807) is 0 Å². The lowest BCUT2D eigenvalue weighted by Crippen LogP contribution is -2.37. The maximum absolute atomic E-state index is 10.1. The maximum Gasteiger partial charge on any atom is 0.122 e. The predicted molar refractivity (Wildman–Crippen MR) is 74.8 cm³/mol. The number of nitrogens with zero attached hydrogens (tertiary/aromatic N) is 2. The molecule has 1 unspecified atom stereocenters. The number of likely N-dealkylation sites (tertiary alicyclic amines) is 1. The molecule has 18 heavy (non-hydrogen) atoms. The summed E-state index contributed by atoms with van der Waals surface area (Å²) >= 11 is 0. The minimum Gasteiger partial charge on any atom is -0.507 e. The highest BCUT2D eigenvalue weighted by molar-refractivity contribution is 5.39. The zero-order valence-electron chi connectivity index (χ0n) is 11.7. The number of phenolic OH excluding ortho intramolecular Hbond substituents is 1. The number of para-hydroxylation sites is 1. The van der Waals surface area contributed by atoms with E-state index >= 15 is 0 Å². The minimum atomic E-state index is 0.466. The molecule has 3 heteroatoms. The van der Waals surface area contributed by atoms with Crippen molar-refractivity contribution < 1.29 is 5.11 Å². The van der Waals surface area contributed by atoms with E-state index in [4.69, 9.17) is 0 Å². The molecule has 1 aliphatic heterocycles. The highest BCUT2D eigenvalue weighted by Gasteiger charge is 2.25. The Morgan fingerprint density at radius 1 is 1.39 bits per heavy atom. The van der Waals surface area contributed by atoms with Crippen molar-refractivity contribution >= 4 is 0 Å². The number of rotatable bonds is 4. The van der Waals surface area contributed by atoms with Gasteiger partial charge in [0.15, 0.2) is 0 Å². The second-order valence-corrected chi connectivity index (χ2v) is 5.61. The number of phenols is 1. The molecule has 0 saturated carbocycles. The zero-order valence-corrected chi connectivity index (χ0v) is 11.7. The molecule has 1 heterocycles. The molecule has 2 rings (SSSR count). The molecule has 1 aliphatic rings. The summed E-state index contributed by atoms with van der Waals surface area (Å²) in [5.41, 5.74) is 2.02. The van der Waals surface area contributed by atoms with E-state index in [0.29, 0.717) is 11.8 Å². The van der Waals surface area contributed by atoms with Crippen molar-refractivity contribution in [1.82, 2.24) is 9.80 Å². The summed E-state index contributed by atoms with van der Waals surface area (Å²) in [5.74, 6) is 0.466. The first-order valence-corrected chi connectivity index (χ1v) is 6.74. The fourth-order valence-corrected chi connectivity index (χ4v) is 2.80. The van der Waals surface area contributed by atoms with Gasteiger partial charge >= 0.3 is 0 Å². The minimum absolute atomic E-state index is 0.466. The summed E-state index contributed by atoms with van der Waals surface area (Å²) in [5, 5.41) is 10.1. The molecule has 1 N–H and O–H groups in total. The SMILES string of the molecule is Cc1cccc(CN2CCCC2CN(C)C)c1O. The topological polar surface area (TPSA) is 26.7 Å². The Morgan fingerprint density at radius 2 is 2.17 bits per heavy atom. The molecule has 3 nitrogen and oxygen atoms in total. The largest absolute Gasteiger partial charge is 0.507 e. The summed E-state index contributed by atoms with van der Waals surface area (Å²) in [4.78, 5) is 4.74. The van der Waals surface area contributed by atoms with Gasteiger partial charge in [0.05, 0.1) is 0 Å². The van der Waals surface area contributed by atoms with Crippen LogP contribution in [0.25, 0.3) is 0 Å². The Kier molecular flexibility index (Phi) is 4.25. The summed E-state index contributed by atoms with van der Waals surface area (Å²) in [6, 6.07) is 6.65. The summed E-state index contributed by atoms with van der Waals surface area (Å²) in [6.07, 6.45) is 2.54. The molecule has 1 atom stereocenters. The van der Waals surface area contributed by atoms with Crippen LogP contribution in [0.5, 0.6) is 5.75 Å². The molecule has 1 saturated heterocycles. The maximum atomic E-state index is 10.1. The third kappa shape index (κ3) is 3.03. The van der Waals surface area contributed by atoms with Crippen LogP contribution in [0.1, 0.15) is 24.0 Å². The Hall–Kier alpha value is -1.06. The van der Waals surface area contributed by atoms with E-state index in [1.165, 1.54) is 12.8 Å². The molecule has 100 valence electrons. The highest BCUT2D eigenvalue weighted by Crippen LogP contribution is 2.26. The Labute approximate surface area is 110 Å². The van der Waals surface area contributed by atoms with Gasteiger partial charge in [-0.1, -0.05) is 18.2 Å². The summed E-state index contributed by atoms with van der Waals surface area (Å²) < 4.78 is 0. The predicted octanol–water partition coefficient (Wildman–Crippen LogP) is 2.23. The molecule has 0 amide bonds. The van der Waals surface area contributed by atoms with Crippen LogP contribution >= 0.6 is 0 Å². The van der Waals surface area contributed by atoms with Gasteiger partial charge in [-0.3, -0.25) is 4.90 Å². The van der Waals surface area contributed by atoms with Crippen LogP contribution in [0.2, 0.25) is 0 Å². The van der Waals surface area contributed by atoms with Crippen molar-refractivity contribution in [3.8, 4) is 5.75 Å². The van der Waals surface area contributed by atoms with E-state index in [0.717, 1.165) is 30.8 Å². The van der Waals surface area contributed by atoms with E-state index in [2.05, 4.69) is 23.9 Å². The van der Waals surface area contributed by atoms with Gasteiger partial charge in [-0.2, -0.15) is 0 Å². The van der Waals surface area contributed by atoms with E-state index < -0.39 is 0 Å². The fraction of sp³-hybridized carbons (Fsp3) is 0.600. The van der Waals surface area contributed by atoms with Crippen molar-refractivity contribution in [1.29, 1.82) is 0 Å². The first-order valence-electron chi connectivity index (χ1n) is 6.74. The molecule has 0 spiro atoms. The second kappa shape index (κ2) is 5.72. The molecule has 1 aromatic carbocycles. The van der Waals surface area contributed by atoms with Gasteiger partial charge in [0.1, 0.15) is 5.75 Å². The average molecular weight is 248 g/mol. The first-order chi connectivity index (χ1) is 8.58. The molecular weight excluding hydrogens is 224 g/mol. The third-order valence-corrected chi connectivity index (χ3v) is 3.77. The van der Waals surface area contributed by atoms with Gasteiger partial charge < -0.3 is 10.0 Å². The number of hydrogen-bond donors (Lipinski definition) is 1. The van der Waals surface area contributed by atoms with Gasteiger partial charge in [0, 0.05) is 24.7 Å². The summed E-state index contributed by atoms with van der Waals surface area (Å²) in [7, 11) is 4.25. The Balaban J connectivity index is 2.06. The van der Waals surface area contributed by atoms with E-state index in [9.17, 15) is 5.11 Å². The van der Waals surface area contributed by atoms with Crippen LogP contribution in [-0.2, 0) is 6.54 Å². The van der Waals surface area contributed by atoms with Crippen molar-refractivity contribution in [2.24, 2.45) is 0 Å². The molecule has 0 aromatic heterocycles. The van der Waals surface area contributed by atoms with Crippen LogP contribution in [0.4, 0.5) is 0 Å². The Bertz CT molecular complexity index is 403. The quantitative estimate of drug-likeness (QED) is 0.885. The van der Waals surface area contributed by atoms with Gasteiger partial charge in [-0.05, 0) is 46.0 Å². The van der Waals surface area contributed by atoms with Crippen LogP contribution in [0.3, 0.4) is 0 Å². The number of hydrogen-bond acceptors (Lipinski definition) is 3. The number of benzene rings is 1. The number of likely N-dealkylation sites (N-methyl/N-ethyl adjacent to an activating group) is 1. The molecule has 1 fully saturated rings. The van der Waals surface area contributed by atoms with Crippen molar-refractivity contribution in [2.45, 2.75) is 32.4 Å². The van der Waals surface area contributed by atoms with Crippen LogP contribution in [0.15, 0.2) is 18.2 Å². The van der Waals surface area contributed by atoms with Gasteiger partial charge in [-0.25, -0.2) is 0 Å². The highest BCUT2D eigenvalue weighted by atomic mass is 16.3. The molecule has 1 aromatic rings. The normalized spacial score (nSPS) is 20.8. The van der Waals surface area contributed by atoms with Gasteiger partial charge in [0.25, 0.3) is 0 Å². The molecule has 0 aliphatic carbocycles. The number of aromatic hydroxyl groups is 1. The standard InChI is InChI=1S/C15H24N2O/c1-12-6-4-7-13(15(12)18)10-17-9-5-8-14(17)11-16(2)3/h4,6-7,14,18H,5,8-11H2,1-3H3. The lowest BCUT2D eigenvalue weighted by Gasteiger charge is -2.27. The Morgan fingerprint density at radius 3 is 2.89 bits per heavy atom. The lowest BCUT2D eigenvalue weighted by atomic mass is 10.1. The van der Waals surface area contributed by atoms with Crippen LogP contribution < -0.4 is 0 Å². The van der Waals surface area contributed by atoms with E-state index in [-0.39, 0.29) is 0 Å². The molecule has 0 bridgehead atoms. The molecule has 0 radical (unpaired) electrons. The van der Waals surface area contributed by atoms with Crippen molar-refractivity contribution in [3.05, 3.63) is 29.3 Å². The number of aryl methyl sites for hydroxylation is 1. The van der Waals surface area contributed by atoms with E-state index in [1.807, 2.05) is 25.1 Å². The second-order valence-electron chi connectivity index (χ2n) is 5.61. The monoisotopic (exact) mass is 248 g/mol. The van der Waals surface area contributed by atoms with Crippen LogP contribution in [0, 0.1) is 6.92 Å².